The van der Waals surface area contributed by atoms with Crippen molar-refractivity contribution in [2.24, 2.45) is 0 Å². The van der Waals surface area contributed by atoms with Crippen LogP contribution >= 0.6 is 39.1 Å². The first kappa shape index (κ1) is 15.9. The molecule has 0 radical (unpaired) electrons. The molecule has 0 aliphatic rings. The number of aryl methyl sites for hydroxylation is 2. The number of hydrogen-bond donors (Lipinski definition) is 0. The summed E-state index contributed by atoms with van der Waals surface area (Å²) in [6.07, 6.45) is 0. The zero-order valence-electron chi connectivity index (χ0n) is 12.0. The van der Waals surface area contributed by atoms with Gasteiger partial charge in [0.05, 0.1) is 5.38 Å². The summed E-state index contributed by atoms with van der Waals surface area (Å²) in [4.78, 5) is 0. The second-order valence-corrected chi connectivity index (χ2v) is 6.96. The molecular formula is C17H17BrCl2. The van der Waals surface area contributed by atoms with Crippen molar-refractivity contribution in [1.82, 2.24) is 0 Å². The number of halogens is 3. The molecule has 0 nitrogen and oxygen atoms in total. The molecule has 0 spiro atoms. The highest BCUT2D eigenvalue weighted by Crippen LogP contribution is 2.39. The van der Waals surface area contributed by atoms with Crippen LogP contribution in [0.3, 0.4) is 0 Å². The Kier molecular flexibility index (Phi) is 4.84. The highest BCUT2D eigenvalue weighted by molar-refractivity contribution is 9.10. The van der Waals surface area contributed by atoms with Gasteiger partial charge in [0, 0.05) is 9.50 Å². The Balaban J connectivity index is 2.65. The Hall–Kier alpha value is -0.500. The summed E-state index contributed by atoms with van der Waals surface area (Å²) in [6.45, 7) is 8.49. The number of hydrogen-bond acceptors (Lipinski definition) is 0. The van der Waals surface area contributed by atoms with E-state index in [0.29, 0.717) is 5.02 Å². The first-order chi connectivity index (χ1) is 9.32. The molecule has 0 bridgehead atoms. The van der Waals surface area contributed by atoms with Crippen LogP contribution in [0.15, 0.2) is 28.7 Å². The van der Waals surface area contributed by atoms with Gasteiger partial charge in [0.25, 0.3) is 0 Å². The molecule has 106 valence electrons. The molecule has 1 atom stereocenters. The van der Waals surface area contributed by atoms with Gasteiger partial charge < -0.3 is 0 Å². The first-order valence-electron chi connectivity index (χ1n) is 6.49. The topological polar surface area (TPSA) is 0 Å². The molecule has 1 unspecified atom stereocenters. The van der Waals surface area contributed by atoms with E-state index in [1.165, 1.54) is 27.8 Å². The van der Waals surface area contributed by atoms with Gasteiger partial charge in [-0.15, -0.1) is 11.6 Å². The van der Waals surface area contributed by atoms with E-state index in [2.05, 4.69) is 49.7 Å². The zero-order chi connectivity index (χ0) is 15.0. The summed E-state index contributed by atoms with van der Waals surface area (Å²) < 4.78 is 0.988. The van der Waals surface area contributed by atoms with Crippen molar-refractivity contribution in [2.45, 2.75) is 33.1 Å². The minimum Gasteiger partial charge on any atom is -0.113 e. The van der Waals surface area contributed by atoms with Gasteiger partial charge in [-0.05, 0) is 79.3 Å². The van der Waals surface area contributed by atoms with Crippen LogP contribution < -0.4 is 0 Å². The molecule has 0 aliphatic heterocycles. The van der Waals surface area contributed by atoms with Crippen molar-refractivity contribution in [3.63, 3.8) is 0 Å². The summed E-state index contributed by atoms with van der Waals surface area (Å²) in [7, 11) is 0. The molecule has 0 saturated carbocycles. The Labute approximate surface area is 139 Å². The molecule has 0 aromatic heterocycles. The van der Waals surface area contributed by atoms with Crippen LogP contribution in [-0.4, -0.2) is 0 Å². The highest BCUT2D eigenvalue weighted by Gasteiger charge is 2.20. The Morgan fingerprint density at radius 1 is 0.950 bits per heavy atom. The average Bonchev–Trinajstić information content (AvgIpc) is 2.39. The zero-order valence-corrected chi connectivity index (χ0v) is 15.1. The standard InChI is InChI=1S/C17H17BrCl2/c1-9-7-10(2)12(4)16(11(9)3)17(20)14-8-13(18)5-6-15(14)19/h5-8,17H,1-4H3. The molecular weight excluding hydrogens is 355 g/mol. The largest absolute Gasteiger partial charge is 0.113 e. The lowest BCUT2D eigenvalue weighted by Gasteiger charge is -2.21. The maximum Gasteiger partial charge on any atom is 0.0855 e. The van der Waals surface area contributed by atoms with Crippen molar-refractivity contribution in [1.29, 1.82) is 0 Å². The monoisotopic (exact) mass is 370 g/mol. The van der Waals surface area contributed by atoms with Gasteiger partial charge in [-0.25, -0.2) is 0 Å². The van der Waals surface area contributed by atoms with Crippen LogP contribution in [0, 0.1) is 27.7 Å². The second-order valence-electron chi connectivity index (χ2n) is 5.20. The third-order valence-corrected chi connectivity index (χ3v) is 5.20. The number of alkyl halides is 1. The van der Waals surface area contributed by atoms with Crippen LogP contribution in [0.5, 0.6) is 0 Å². The van der Waals surface area contributed by atoms with Gasteiger partial charge in [0.1, 0.15) is 0 Å². The Bertz CT molecular complexity index is 636. The highest BCUT2D eigenvalue weighted by atomic mass is 79.9. The van der Waals surface area contributed by atoms with Crippen molar-refractivity contribution in [2.75, 3.05) is 0 Å². The van der Waals surface area contributed by atoms with Crippen LogP contribution in [-0.2, 0) is 0 Å². The third-order valence-electron chi connectivity index (χ3n) is 3.91. The predicted molar refractivity (Wildman–Crippen MR) is 92.2 cm³/mol. The quantitative estimate of drug-likeness (QED) is 0.517. The smallest absolute Gasteiger partial charge is 0.0855 e. The van der Waals surface area contributed by atoms with Crippen molar-refractivity contribution in [3.05, 3.63) is 67.1 Å². The summed E-state index contributed by atoms with van der Waals surface area (Å²) in [5.41, 5.74) is 7.12. The lowest BCUT2D eigenvalue weighted by atomic mass is 9.90. The lowest BCUT2D eigenvalue weighted by molar-refractivity contribution is 1.05. The predicted octanol–water partition coefficient (Wildman–Crippen LogP) is 6.66. The molecule has 0 amide bonds. The van der Waals surface area contributed by atoms with Crippen molar-refractivity contribution < 1.29 is 0 Å². The van der Waals surface area contributed by atoms with Gasteiger partial charge in [-0.2, -0.15) is 0 Å². The minimum absolute atomic E-state index is 0.237. The fraction of sp³-hybridized carbons (Fsp3) is 0.294. The van der Waals surface area contributed by atoms with Gasteiger partial charge in [0.2, 0.25) is 0 Å². The molecule has 0 N–H and O–H groups in total. The van der Waals surface area contributed by atoms with Gasteiger partial charge in [-0.3, -0.25) is 0 Å². The summed E-state index contributed by atoms with van der Waals surface area (Å²) >= 11 is 16.6. The van der Waals surface area contributed by atoms with E-state index in [4.69, 9.17) is 23.2 Å². The molecule has 0 heterocycles. The Morgan fingerprint density at radius 3 is 2.05 bits per heavy atom. The molecule has 0 saturated heterocycles. The van der Waals surface area contributed by atoms with Gasteiger partial charge in [0.15, 0.2) is 0 Å². The summed E-state index contributed by atoms with van der Waals surface area (Å²) in [5.74, 6) is 0. The molecule has 3 heteroatoms. The second kappa shape index (κ2) is 6.09. The minimum atomic E-state index is -0.237. The molecule has 0 aliphatic carbocycles. The summed E-state index contributed by atoms with van der Waals surface area (Å²) in [5, 5.41) is 0.463. The molecule has 20 heavy (non-hydrogen) atoms. The molecule has 2 aromatic rings. The van der Waals surface area contributed by atoms with E-state index in [9.17, 15) is 0 Å². The molecule has 2 rings (SSSR count). The van der Waals surface area contributed by atoms with Gasteiger partial charge in [-0.1, -0.05) is 33.6 Å². The normalized spacial score (nSPS) is 12.6. The van der Waals surface area contributed by atoms with E-state index in [0.717, 1.165) is 10.0 Å². The van der Waals surface area contributed by atoms with Crippen LogP contribution in [0.2, 0.25) is 5.02 Å². The summed E-state index contributed by atoms with van der Waals surface area (Å²) in [6, 6.07) is 8.01. The first-order valence-corrected chi connectivity index (χ1v) is 8.10. The SMILES string of the molecule is Cc1cc(C)c(C)c(C(Cl)c2cc(Br)ccc2Cl)c1C. The fourth-order valence-electron chi connectivity index (χ4n) is 2.49. The van der Waals surface area contributed by atoms with Crippen LogP contribution in [0.25, 0.3) is 0 Å². The van der Waals surface area contributed by atoms with Crippen LogP contribution in [0.4, 0.5) is 0 Å². The third kappa shape index (κ3) is 2.90. The molecule has 2 aromatic carbocycles. The van der Waals surface area contributed by atoms with E-state index in [1.54, 1.807) is 0 Å². The number of rotatable bonds is 2. The van der Waals surface area contributed by atoms with Gasteiger partial charge >= 0.3 is 0 Å². The molecule has 0 fully saturated rings. The van der Waals surface area contributed by atoms with Crippen molar-refractivity contribution >= 4 is 39.1 Å². The van der Waals surface area contributed by atoms with E-state index in [1.807, 2.05) is 18.2 Å². The van der Waals surface area contributed by atoms with Crippen LogP contribution in [0.1, 0.15) is 38.8 Å². The van der Waals surface area contributed by atoms with E-state index in [-0.39, 0.29) is 5.38 Å². The van der Waals surface area contributed by atoms with E-state index >= 15 is 0 Å². The van der Waals surface area contributed by atoms with E-state index < -0.39 is 0 Å². The lowest BCUT2D eigenvalue weighted by Crippen LogP contribution is -2.04. The van der Waals surface area contributed by atoms with Crippen molar-refractivity contribution in [3.8, 4) is 0 Å². The average molecular weight is 372 g/mol. The maximum absolute atomic E-state index is 6.76. The maximum atomic E-state index is 6.76. The number of benzene rings is 2. The fourth-order valence-corrected chi connectivity index (χ4v) is 3.66. The Morgan fingerprint density at radius 2 is 1.50 bits per heavy atom.